The number of carboxylic acid groups (broad SMARTS) is 1. The maximum absolute atomic E-state index is 13.0. The molecule has 0 bridgehead atoms. The number of hydrogen-bond donors (Lipinski definition) is 9. The first-order valence-electron chi connectivity index (χ1n) is 10.8. The number of primary amides is 1. The van der Waals surface area contributed by atoms with Crippen LogP contribution in [-0.2, 0) is 24.0 Å². The number of carboxylic acids is 1. The molecule has 0 fully saturated rings. The average Bonchev–Trinajstić information content (AvgIpc) is 2.79. The minimum atomic E-state index is -1.30. The number of amides is 4. The van der Waals surface area contributed by atoms with Crippen molar-refractivity contribution in [1.82, 2.24) is 16.0 Å². The van der Waals surface area contributed by atoms with Gasteiger partial charge in [-0.25, -0.2) is 4.79 Å². The van der Waals surface area contributed by atoms with E-state index in [-0.39, 0.29) is 43.9 Å². The van der Waals surface area contributed by atoms with Crippen LogP contribution in [0.1, 0.15) is 32.1 Å². The van der Waals surface area contributed by atoms with E-state index in [2.05, 4.69) is 33.6 Å². The van der Waals surface area contributed by atoms with E-state index in [0.29, 0.717) is 12.2 Å². The molecule has 0 radical (unpaired) electrons. The summed E-state index contributed by atoms with van der Waals surface area (Å²) in [7, 11) is 0. The fraction of sp³-hybridized carbons (Fsp3) is 0.684. The molecule has 14 nitrogen and oxygen atoms in total. The first-order valence-corrected chi connectivity index (χ1v) is 12.8. The number of nitrogens with one attached hydrogen (secondary N) is 3. The van der Waals surface area contributed by atoms with Crippen molar-refractivity contribution >= 4 is 59.9 Å². The first-order chi connectivity index (χ1) is 16.4. The topological polar surface area (TPSA) is 258 Å². The molecule has 4 amide bonds. The Balaban J connectivity index is 5.54. The Morgan fingerprint density at radius 1 is 0.914 bits per heavy atom. The zero-order chi connectivity index (χ0) is 27.0. The van der Waals surface area contributed by atoms with Crippen LogP contribution in [0.25, 0.3) is 0 Å². The zero-order valence-electron chi connectivity index (χ0n) is 19.6. The van der Waals surface area contributed by atoms with E-state index in [9.17, 15) is 29.1 Å². The van der Waals surface area contributed by atoms with Crippen molar-refractivity contribution in [2.45, 2.75) is 56.3 Å². The molecule has 4 unspecified atom stereocenters. The Labute approximate surface area is 213 Å². The molecule has 0 aliphatic carbocycles. The van der Waals surface area contributed by atoms with Gasteiger partial charge < -0.3 is 44.0 Å². The second kappa shape index (κ2) is 17.7. The van der Waals surface area contributed by atoms with Crippen LogP contribution in [0.2, 0.25) is 0 Å². The van der Waals surface area contributed by atoms with E-state index >= 15 is 0 Å². The summed E-state index contributed by atoms with van der Waals surface area (Å²) < 4.78 is 0. The maximum Gasteiger partial charge on any atom is 0.327 e. The fourth-order valence-corrected chi connectivity index (χ4v) is 3.45. The number of thiol groups is 1. The molecule has 12 N–H and O–H groups in total. The van der Waals surface area contributed by atoms with Gasteiger partial charge in [0.2, 0.25) is 23.6 Å². The largest absolute Gasteiger partial charge is 0.480 e. The minimum Gasteiger partial charge on any atom is -0.480 e. The Bertz CT molecular complexity index is 766. The van der Waals surface area contributed by atoms with Crippen LogP contribution >= 0.6 is 24.4 Å². The molecule has 16 heteroatoms. The standard InChI is InChI=1S/C19H36N8O6S2/c1-35-8-6-10(20)15(29)25-12(4-5-14(21)28)17(31)26-11(3-2-7-24-19(22)23)16(30)27-13(9-34)18(32)33/h10-13,34H,2-9,20H2,1H3,(H2,21,28)(H,25,29)(H,26,31)(H,27,30)(H,32,33)(H4,22,23,24). The third-order valence-electron chi connectivity index (χ3n) is 4.66. The molecule has 0 aromatic heterocycles. The smallest absolute Gasteiger partial charge is 0.327 e. The van der Waals surface area contributed by atoms with Gasteiger partial charge in [-0.2, -0.15) is 24.4 Å². The van der Waals surface area contributed by atoms with Crippen molar-refractivity contribution < 1.29 is 29.1 Å². The molecule has 0 saturated carbocycles. The Morgan fingerprint density at radius 2 is 1.46 bits per heavy atom. The molecule has 0 aromatic carbocycles. The van der Waals surface area contributed by atoms with Crippen molar-refractivity contribution in [3.8, 4) is 0 Å². The van der Waals surface area contributed by atoms with Crippen LogP contribution in [0, 0.1) is 0 Å². The number of aliphatic imine (C=N–C) groups is 1. The summed E-state index contributed by atoms with van der Waals surface area (Å²) in [5.41, 5.74) is 21.6. The van der Waals surface area contributed by atoms with Crippen LogP contribution in [0.3, 0.4) is 0 Å². The van der Waals surface area contributed by atoms with E-state index in [1.54, 1.807) is 0 Å². The highest BCUT2D eigenvalue weighted by Gasteiger charge is 2.30. The Kier molecular flexibility index (Phi) is 16.3. The number of carbonyl (C=O) groups is 5. The molecule has 0 saturated heterocycles. The van der Waals surface area contributed by atoms with E-state index in [4.69, 9.17) is 22.9 Å². The van der Waals surface area contributed by atoms with E-state index in [0.717, 1.165) is 0 Å². The molecule has 0 spiro atoms. The molecular formula is C19H36N8O6S2. The van der Waals surface area contributed by atoms with Gasteiger partial charge in [-0.1, -0.05) is 0 Å². The molecule has 0 rings (SSSR count). The second-order valence-corrected chi connectivity index (χ2v) is 8.90. The Morgan fingerprint density at radius 3 is 1.94 bits per heavy atom. The van der Waals surface area contributed by atoms with E-state index in [1.165, 1.54) is 11.8 Å². The maximum atomic E-state index is 13.0. The summed E-state index contributed by atoms with van der Waals surface area (Å²) >= 11 is 5.40. The van der Waals surface area contributed by atoms with Gasteiger partial charge in [0.15, 0.2) is 5.96 Å². The van der Waals surface area contributed by atoms with Gasteiger partial charge in [0.25, 0.3) is 0 Å². The lowest BCUT2D eigenvalue weighted by Crippen LogP contribution is -2.57. The number of carbonyl (C=O) groups excluding carboxylic acids is 4. The molecule has 0 heterocycles. The molecular weight excluding hydrogens is 500 g/mol. The fourth-order valence-electron chi connectivity index (χ4n) is 2.71. The van der Waals surface area contributed by atoms with Crippen molar-refractivity contribution in [3.05, 3.63) is 0 Å². The SMILES string of the molecule is CSCCC(N)C(=O)NC(CCC(N)=O)C(=O)NC(CCCN=C(N)N)C(=O)NC(CS)C(=O)O. The lowest BCUT2D eigenvalue weighted by Gasteiger charge is -2.25. The quantitative estimate of drug-likeness (QED) is 0.0368. The predicted molar refractivity (Wildman–Crippen MR) is 137 cm³/mol. The number of thioether (sulfide) groups is 1. The molecule has 0 aliphatic rings. The van der Waals surface area contributed by atoms with Crippen molar-refractivity contribution in [2.75, 3.05) is 24.3 Å². The summed E-state index contributed by atoms with van der Waals surface area (Å²) in [5.74, 6) is -3.83. The number of aliphatic carboxylic acids is 1. The minimum absolute atomic E-state index is 0.0526. The van der Waals surface area contributed by atoms with Gasteiger partial charge in [-0.3, -0.25) is 24.2 Å². The van der Waals surface area contributed by atoms with Gasteiger partial charge in [0, 0.05) is 18.7 Å². The summed E-state index contributed by atoms with van der Waals surface area (Å²) in [6.45, 7) is 0.156. The van der Waals surface area contributed by atoms with Crippen molar-refractivity contribution in [1.29, 1.82) is 0 Å². The van der Waals surface area contributed by atoms with Crippen LogP contribution in [-0.4, -0.2) is 89.1 Å². The summed E-state index contributed by atoms with van der Waals surface area (Å²) in [5, 5.41) is 16.5. The summed E-state index contributed by atoms with van der Waals surface area (Å²) in [6.07, 6.45) is 2.21. The average molecular weight is 537 g/mol. The van der Waals surface area contributed by atoms with Gasteiger partial charge in [-0.15, -0.1) is 0 Å². The highest BCUT2D eigenvalue weighted by molar-refractivity contribution is 7.98. The monoisotopic (exact) mass is 536 g/mol. The van der Waals surface area contributed by atoms with Crippen LogP contribution in [0.15, 0.2) is 4.99 Å². The molecule has 0 aromatic rings. The van der Waals surface area contributed by atoms with Gasteiger partial charge in [0.1, 0.15) is 18.1 Å². The molecule has 200 valence electrons. The third-order valence-corrected chi connectivity index (χ3v) is 5.67. The predicted octanol–water partition coefficient (Wildman–Crippen LogP) is -3.15. The normalized spacial score (nSPS) is 14.0. The molecule has 4 atom stereocenters. The van der Waals surface area contributed by atoms with Crippen molar-refractivity contribution in [3.63, 3.8) is 0 Å². The van der Waals surface area contributed by atoms with Gasteiger partial charge in [0.05, 0.1) is 6.04 Å². The number of nitrogens with zero attached hydrogens (tertiary/aromatic N) is 1. The molecule has 0 aliphatic heterocycles. The van der Waals surface area contributed by atoms with Gasteiger partial charge >= 0.3 is 5.97 Å². The van der Waals surface area contributed by atoms with Crippen LogP contribution in [0.4, 0.5) is 0 Å². The number of guanidine groups is 1. The van der Waals surface area contributed by atoms with Crippen molar-refractivity contribution in [2.24, 2.45) is 27.9 Å². The molecule has 35 heavy (non-hydrogen) atoms. The number of nitrogens with two attached hydrogens (primary N) is 4. The highest BCUT2D eigenvalue weighted by atomic mass is 32.2. The summed E-state index contributed by atoms with van der Waals surface area (Å²) in [4.78, 5) is 64.4. The van der Waals surface area contributed by atoms with E-state index < -0.39 is 53.8 Å². The van der Waals surface area contributed by atoms with Crippen LogP contribution < -0.4 is 38.9 Å². The first kappa shape index (κ1) is 32.3. The lowest BCUT2D eigenvalue weighted by molar-refractivity contribution is -0.141. The summed E-state index contributed by atoms with van der Waals surface area (Å²) in [6, 6.07) is -4.56. The highest BCUT2D eigenvalue weighted by Crippen LogP contribution is 2.06. The van der Waals surface area contributed by atoms with E-state index in [1.807, 2.05) is 6.26 Å². The third kappa shape index (κ3) is 14.3. The number of hydrogen-bond acceptors (Lipinski definition) is 9. The van der Waals surface area contributed by atoms with Gasteiger partial charge in [-0.05, 0) is 37.7 Å². The number of rotatable bonds is 18. The second-order valence-electron chi connectivity index (χ2n) is 7.55. The lowest BCUT2D eigenvalue weighted by atomic mass is 10.1. The van der Waals surface area contributed by atoms with Crippen LogP contribution in [0.5, 0.6) is 0 Å². The zero-order valence-corrected chi connectivity index (χ0v) is 21.3. The Hall–Kier alpha value is -2.72.